The number of hydrogen-bond acceptors (Lipinski definition) is 3. The second-order valence-electron chi connectivity index (χ2n) is 6.05. The smallest absolute Gasteiger partial charge is 0.154 e. The second-order valence-corrected chi connectivity index (χ2v) is 8.24. The SMILES string of the molecule is Cc1cccc(CS(=O)(=O)CCCC(C)(C)CN)c1. The molecule has 0 aliphatic carbocycles. The van der Waals surface area contributed by atoms with Crippen LogP contribution >= 0.6 is 0 Å². The molecule has 0 unspecified atom stereocenters. The molecule has 19 heavy (non-hydrogen) atoms. The summed E-state index contributed by atoms with van der Waals surface area (Å²) in [6, 6.07) is 7.67. The lowest BCUT2D eigenvalue weighted by atomic mass is 9.88. The van der Waals surface area contributed by atoms with Crippen molar-refractivity contribution in [2.24, 2.45) is 11.1 Å². The summed E-state index contributed by atoms with van der Waals surface area (Å²) in [7, 11) is -3.02. The molecule has 0 radical (unpaired) electrons. The summed E-state index contributed by atoms with van der Waals surface area (Å²) in [4.78, 5) is 0. The fraction of sp³-hybridized carbons (Fsp3) is 0.600. The molecule has 0 aliphatic rings. The molecule has 0 spiro atoms. The molecular formula is C15H25NO2S. The Morgan fingerprint density at radius 1 is 1.26 bits per heavy atom. The van der Waals surface area contributed by atoms with Gasteiger partial charge in [0.15, 0.2) is 9.84 Å². The zero-order valence-electron chi connectivity index (χ0n) is 12.1. The fourth-order valence-corrected chi connectivity index (χ4v) is 3.42. The Hall–Kier alpha value is -0.870. The van der Waals surface area contributed by atoms with Crippen LogP contribution in [0.25, 0.3) is 0 Å². The number of hydrogen-bond donors (Lipinski definition) is 1. The molecule has 1 aromatic rings. The van der Waals surface area contributed by atoms with Gasteiger partial charge in [-0.3, -0.25) is 0 Å². The largest absolute Gasteiger partial charge is 0.330 e. The van der Waals surface area contributed by atoms with Gasteiger partial charge in [0.05, 0.1) is 11.5 Å². The van der Waals surface area contributed by atoms with Crippen LogP contribution in [0, 0.1) is 12.3 Å². The molecular weight excluding hydrogens is 258 g/mol. The maximum Gasteiger partial charge on any atom is 0.154 e. The van der Waals surface area contributed by atoms with E-state index in [4.69, 9.17) is 5.73 Å². The highest BCUT2D eigenvalue weighted by Gasteiger charge is 2.18. The molecule has 0 saturated heterocycles. The zero-order chi connectivity index (χ0) is 14.5. The van der Waals surface area contributed by atoms with E-state index in [1.807, 2.05) is 31.2 Å². The Morgan fingerprint density at radius 2 is 1.95 bits per heavy atom. The summed E-state index contributed by atoms with van der Waals surface area (Å²) in [5.74, 6) is 0.377. The Labute approximate surface area is 117 Å². The first kappa shape index (κ1) is 16.2. The zero-order valence-corrected chi connectivity index (χ0v) is 13.0. The molecule has 0 saturated carbocycles. The summed E-state index contributed by atoms with van der Waals surface area (Å²) in [5.41, 5.74) is 7.64. The first-order valence-corrected chi connectivity index (χ1v) is 8.52. The van der Waals surface area contributed by atoms with E-state index in [9.17, 15) is 8.42 Å². The van der Waals surface area contributed by atoms with Crippen molar-refractivity contribution in [3.8, 4) is 0 Å². The van der Waals surface area contributed by atoms with Gasteiger partial charge in [-0.25, -0.2) is 8.42 Å². The summed E-state index contributed by atoms with van der Waals surface area (Å²) in [6.45, 7) is 6.70. The molecule has 3 nitrogen and oxygen atoms in total. The normalized spacial score (nSPS) is 12.6. The topological polar surface area (TPSA) is 60.2 Å². The van der Waals surface area contributed by atoms with Crippen LogP contribution in [0.1, 0.15) is 37.8 Å². The minimum atomic E-state index is -3.02. The van der Waals surface area contributed by atoms with Crippen LogP contribution in [0.5, 0.6) is 0 Å². The maximum atomic E-state index is 12.1. The van der Waals surface area contributed by atoms with Gasteiger partial charge in [-0.1, -0.05) is 43.7 Å². The Kier molecular flexibility index (Phi) is 5.56. The van der Waals surface area contributed by atoms with Gasteiger partial charge in [0.25, 0.3) is 0 Å². The Morgan fingerprint density at radius 3 is 2.53 bits per heavy atom. The quantitative estimate of drug-likeness (QED) is 0.837. The molecule has 108 valence electrons. The van der Waals surface area contributed by atoms with E-state index < -0.39 is 9.84 Å². The Balaban J connectivity index is 2.53. The van der Waals surface area contributed by atoms with E-state index >= 15 is 0 Å². The second kappa shape index (κ2) is 6.53. The van der Waals surface area contributed by atoms with Crippen molar-refractivity contribution in [1.82, 2.24) is 0 Å². The summed E-state index contributed by atoms with van der Waals surface area (Å²) < 4.78 is 24.1. The van der Waals surface area contributed by atoms with Crippen molar-refractivity contribution in [1.29, 1.82) is 0 Å². The third-order valence-corrected chi connectivity index (χ3v) is 5.01. The molecule has 0 atom stereocenters. The third kappa shape index (κ3) is 6.21. The fourth-order valence-electron chi connectivity index (χ4n) is 2.00. The minimum absolute atomic E-state index is 0.0266. The predicted molar refractivity (Wildman–Crippen MR) is 80.7 cm³/mol. The molecule has 0 fully saturated rings. The average molecular weight is 283 g/mol. The predicted octanol–water partition coefficient (Wildman–Crippen LogP) is 2.67. The summed E-state index contributed by atoms with van der Waals surface area (Å²) in [6.07, 6.45) is 1.52. The van der Waals surface area contributed by atoms with Crippen LogP contribution in [0.4, 0.5) is 0 Å². The van der Waals surface area contributed by atoms with Gasteiger partial charge in [0.1, 0.15) is 0 Å². The van der Waals surface area contributed by atoms with Crippen LogP contribution in [-0.4, -0.2) is 20.7 Å². The van der Waals surface area contributed by atoms with Crippen molar-refractivity contribution < 1.29 is 8.42 Å². The van der Waals surface area contributed by atoms with Gasteiger partial charge in [-0.05, 0) is 37.3 Å². The van der Waals surface area contributed by atoms with Gasteiger partial charge >= 0.3 is 0 Å². The van der Waals surface area contributed by atoms with E-state index in [0.717, 1.165) is 17.5 Å². The number of rotatable bonds is 7. The first-order chi connectivity index (χ1) is 8.74. The Bertz CT molecular complexity index is 507. The lowest BCUT2D eigenvalue weighted by Gasteiger charge is -2.21. The first-order valence-electron chi connectivity index (χ1n) is 6.70. The maximum absolute atomic E-state index is 12.1. The van der Waals surface area contributed by atoms with Crippen LogP contribution in [0.15, 0.2) is 24.3 Å². The molecule has 0 aliphatic heterocycles. The monoisotopic (exact) mass is 283 g/mol. The van der Waals surface area contributed by atoms with Gasteiger partial charge in [-0.2, -0.15) is 0 Å². The van der Waals surface area contributed by atoms with E-state index in [-0.39, 0.29) is 16.9 Å². The average Bonchev–Trinajstić information content (AvgIpc) is 2.27. The molecule has 1 rings (SSSR count). The lowest BCUT2D eigenvalue weighted by Crippen LogP contribution is -2.24. The van der Waals surface area contributed by atoms with Gasteiger partial charge in [0, 0.05) is 0 Å². The van der Waals surface area contributed by atoms with Crippen LogP contribution in [-0.2, 0) is 15.6 Å². The number of aryl methyl sites for hydroxylation is 1. The highest BCUT2D eigenvalue weighted by molar-refractivity contribution is 7.90. The van der Waals surface area contributed by atoms with Crippen molar-refractivity contribution in [2.45, 2.75) is 39.4 Å². The van der Waals surface area contributed by atoms with E-state index in [1.54, 1.807) is 0 Å². The highest BCUT2D eigenvalue weighted by Crippen LogP contribution is 2.21. The van der Waals surface area contributed by atoms with Crippen LogP contribution in [0.3, 0.4) is 0 Å². The van der Waals surface area contributed by atoms with Crippen molar-refractivity contribution in [3.63, 3.8) is 0 Å². The highest BCUT2D eigenvalue weighted by atomic mass is 32.2. The van der Waals surface area contributed by atoms with Crippen molar-refractivity contribution >= 4 is 9.84 Å². The van der Waals surface area contributed by atoms with Crippen LogP contribution < -0.4 is 5.73 Å². The molecule has 0 aromatic heterocycles. The molecule has 2 N–H and O–H groups in total. The lowest BCUT2D eigenvalue weighted by molar-refractivity contribution is 0.344. The summed E-state index contributed by atoms with van der Waals surface area (Å²) >= 11 is 0. The molecule has 4 heteroatoms. The van der Waals surface area contributed by atoms with Gasteiger partial charge in [0.2, 0.25) is 0 Å². The standard InChI is InChI=1S/C15H25NO2S/c1-13-6-4-7-14(10-13)11-19(17,18)9-5-8-15(2,3)12-16/h4,6-7,10H,5,8-9,11-12,16H2,1-3H3. The van der Waals surface area contributed by atoms with Gasteiger partial charge in [-0.15, -0.1) is 0 Å². The molecule has 0 bridgehead atoms. The number of benzene rings is 1. The minimum Gasteiger partial charge on any atom is -0.330 e. The number of nitrogens with two attached hydrogens (primary N) is 1. The number of sulfone groups is 1. The van der Waals surface area contributed by atoms with E-state index in [0.29, 0.717) is 13.0 Å². The summed E-state index contributed by atoms with van der Waals surface area (Å²) in [5, 5.41) is 0. The third-order valence-electron chi connectivity index (χ3n) is 3.33. The van der Waals surface area contributed by atoms with Gasteiger partial charge < -0.3 is 5.73 Å². The molecule has 1 aromatic carbocycles. The van der Waals surface area contributed by atoms with Crippen molar-refractivity contribution in [2.75, 3.05) is 12.3 Å². The molecule has 0 heterocycles. The van der Waals surface area contributed by atoms with E-state index in [2.05, 4.69) is 13.8 Å². The molecule has 0 amide bonds. The van der Waals surface area contributed by atoms with Crippen LogP contribution in [0.2, 0.25) is 0 Å². The van der Waals surface area contributed by atoms with Crippen molar-refractivity contribution in [3.05, 3.63) is 35.4 Å². The van der Waals surface area contributed by atoms with E-state index in [1.165, 1.54) is 0 Å².